The molecule has 0 radical (unpaired) electrons. The van der Waals surface area contributed by atoms with E-state index in [1.165, 1.54) is 0 Å². The van der Waals surface area contributed by atoms with E-state index in [1.54, 1.807) is 13.2 Å². The number of halogens is 1. The fourth-order valence-corrected chi connectivity index (χ4v) is 1.74. The first-order chi connectivity index (χ1) is 6.24. The van der Waals surface area contributed by atoms with Gasteiger partial charge in [0.15, 0.2) is 5.78 Å². The molecule has 0 fully saturated rings. The second-order valence-electron chi connectivity index (χ2n) is 3.16. The van der Waals surface area contributed by atoms with E-state index >= 15 is 0 Å². The molecule has 0 bridgehead atoms. The zero-order valence-corrected chi connectivity index (χ0v) is 8.64. The van der Waals surface area contributed by atoms with Gasteiger partial charge >= 0.3 is 0 Å². The van der Waals surface area contributed by atoms with Gasteiger partial charge in [0.2, 0.25) is 0 Å². The molecule has 0 spiro atoms. The average molecular weight is 214 g/mol. The van der Waals surface area contributed by atoms with Crippen LogP contribution in [0.3, 0.4) is 0 Å². The molecule has 1 atom stereocenters. The van der Waals surface area contributed by atoms with Crippen LogP contribution < -0.4 is 10.5 Å². The summed E-state index contributed by atoms with van der Waals surface area (Å²) in [5, 5.41) is 0. The van der Waals surface area contributed by atoms with E-state index in [0.717, 1.165) is 5.56 Å². The van der Waals surface area contributed by atoms with Crippen molar-refractivity contribution < 1.29 is 9.53 Å². The Hall–Kier alpha value is -1.06. The number of hydrogen-bond acceptors (Lipinski definition) is 3. The highest BCUT2D eigenvalue weighted by Gasteiger charge is 2.29. The van der Waals surface area contributed by atoms with Crippen LogP contribution in [-0.4, -0.2) is 12.9 Å². The molecule has 0 aliphatic heterocycles. The maximum absolute atomic E-state index is 11.5. The molecule has 1 aromatic rings. The van der Waals surface area contributed by atoms with Gasteiger partial charge in [0, 0.05) is 12.5 Å². The fraction of sp³-hybridized carbons (Fsp3) is 0.300. The van der Waals surface area contributed by atoms with Crippen LogP contribution in [0.4, 0.5) is 0 Å². The number of carbonyl (C=O) groups is 1. The summed E-state index contributed by atoms with van der Waals surface area (Å²) in [7, 11) is 1.56. The molecule has 2 rings (SSSR count). The first-order valence-corrected chi connectivity index (χ1v) is 4.19. The Balaban J connectivity index is 0.000000980. The van der Waals surface area contributed by atoms with Gasteiger partial charge in [-0.05, 0) is 11.6 Å². The zero-order chi connectivity index (χ0) is 9.42. The quantitative estimate of drug-likeness (QED) is 0.773. The summed E-state index contributed by atoms with van der Waals surface area (Å²) in [5.74, 6) is 0.718. The largest absolute Gasteiger partial charge is 0.496 e. The molecule has 0 aromatic heterocycles. The molecule has 0 saturated heterocycles. The van der Waals surface area contributed by atoms with Crippen LogP contribution in [-0.2, 0) is 0 Å². The van der Waals surface area contributed by atoms with Crippen LogP contribution in [0.2, 0.25) is 0 Å². The summed E-state index contributed by atoms with van der Waals surface area (Å²) >= 11 is 0. The molecule has 3 nitrogen and oxygen atoms in total. The lowest BCUT2D eigenvalue weighted by molar-refractivity contribution is 0.0987. The molecule has 2 N–H and O–H groups in total. The highest BCUT2D eigenvalue weighted by atomic mass is 35.5. The van der Waals surface area contributed by atoms with Crippen molar-refractivity contribution >= 4 is 18.2 Å². The normalized spacial score (nSPS) is 18.7. The summed E-state index contributed by atoms with van der Waals surface area (Å²) in [5.41, 5.74) is 7.36. The average Bonchev–Trinajstić information content (AvgIpc) is 2.43. The molecule has 0 unspecified atom stereocenters. The standard InChI is InChI=1S/C10H11NO2.ClH/c1-13-9-4-2-3-6-7(11)5-8(12)10(6)9;/h2-4,7H,5,11H2,1H3;1H/t7-;/m1./s1. The van der Waals surface area contributed by atoms with Crippen molar-refractivity contribution in [2.24, 2.45) is 5.73 Å². The van der Waals surface area contributed by atoms with Crippen molar-refractivity contribution in [3.05, 3.63) is 29.3 Å². The number of carbonyl (C=O) groups excluding carboxylic acids is 1. The van der Waals surface area contributed by atoms with Crippen molar-refractivity contribution in [3.8, 4) is 5.75 Å². The van der Waals surface area contributed by atoms with E-state index in [9.17, 15) is 4.79 Å². The number of nitrogens with two attached hydrogens (primary N) is 1. The van der Waals surface area contributed by atoms with Gasteiger partial charge in [-0.15, -0.1) is 12.4 Å². The first kappa shape index (κ1) is 11.0. The number of ketones is 1. The van der Waals surface area contributed by atoms with Gasteiger partial charge in [0.25, 0.3) is 0 Å². The molecule has 1 aliphatic rings. The van der Waals surface area contributed by atoms with Crippen LogP contribution in [0, 0.1) is 0 Å². The maximum Gasteiger partial charge on any atom is 0.168 e. The number of benzene rings is 1. The number of Topliss-reactive ketones (excluding diaryl/α,β-unsaturated/α-hetero) is 1. The van der Waals surface area contributed by atoms with Crippen LogP contribution in [0.25, 0.3) is 0 Å². The Morgan fingerprint density at radius 1 is 1.50 bits per heavy atom. The smallest absolute Gasteiger partial charge is 0.168 e. The lowest BCUT2D eigenvalue weighted by Crippen LogP contribution is -2.05. The molecular formula is C10H12ClNO2. The van der Waals surface area contributed by atoms with Crippen LogP contribution in [0.1, 0.15) is 28.4 Å². The third kappa shape index (κ3) is 1.49. The second kappa shape index (κ2) is 3.98. The van der Waals surface area contributed by atoms with Gasteiger partial charge in [0.05, 0.1) is 12.7 Å². The number of ether oxygens (including phenoxy) is 1. The summed E-state index contributed by atoms with van der Waals surface area (Å²) in [6, 6.07) is 5.37. The highest BCUT2D eigenvalue weighted by molar-refractivity contribution is 6.03. The van der Waals surface area contributed by atoms with E-state index < -0.39 is 0 Å². The predicted octanol–water partition coefficient (Wildman–Crippen LogP) is 1.70. The third-order valence-corrected chi connectivity index (χ3v) is 2.36. The number of rotatable bonds is 1. The van der Waals surface area contributed by atoms with Crippen molar-refractivity contribution in [2.45, 2.75) is 12.5 Å². The molecule has 14 heavy (non-hydrogen) atoms. The number of methoxy groups -OCH3 is 1. The zero-order valence-electron chi connectivity index (χ0n) is 7.82. The molecule has 76 valence electrons. The van der Waals surface area contributed by atoms with Crippen LogP contribution in [0.15, 0.2) is 18.2 Å². The Kier molecular flexibility index (Phi) is 3.13. The third-order valence-electron chi connectivity index (χ3n) is 2.36. The minimum Gasteiger partial charge on any atom is -0.496 e. The van der Waals surface area contributed by atoms with Gasteiger partial charge in [0.1, 0.15) is 5.75 Å². The Bertz CT molecular complexity index is 365. The van der Waals surface area contributed by atoms with E-state index in [1.807, 2.05) is 12.1 Å². The van der Waals surface area contributed by atoms with E-state index in [4.69, 9.17) is 10.5 Å². The van der Waals surface area contributed by atoms with Gasteiger partial charge in [-0.2, -0.15) is 0 Å². The molecule has 0 saturated carbocycles. The predicted molar refractivity (Wildman–Crippen MR) is 56.1 cm³/mol. The van der Waals surface area contributed by atoms with Crippen molar-refractivity contribution in [3.63, 3.8) is 0 Å². The SMILES string of the molecule is COc1cccc2c1C(=O)C[C@H]2N.Cl. The number of hydrogen-bond donors (Lipinski definition) is 1. The topological polar surface area (TPSA) is 52.3 Å². The number of fused-ring (bicyclic) bond motifs is 1. The first-order valence-electron chi connectivity index (χ1n) is 4.19. The molecule has 1 aromatic carbocycles. The van der Waals surface area contributed by atoms with Gasteiger partial charge in [-0.3, -0.25) is 4.79 Å². The van der Waals surface area contributed by atoms with E-state index in [-0.39, 0.29) is 24.2 Å². The summed E-state index contributed by atoms with van der Waals surface area (Å²) < 4.78 is 5.10. The Morgan fingerprint density at radius 3 is 2.86 bits per heavy atom. The highest BCUT2D eigenvalue weighted by Crippen LogP contribution is 2.35. The second-order valence-corrected chi connectivity index (χ2v) is 3.16. The van der Waals surface area contributed by atoms with E-state index in [2.05, 4.69) is 0 Å². The van der Waals surface area contributed by atoms with Crippen LogP contribution in [0.5, 0.6) is 5.75 Å². The molecular weight excluding hydrogens is 202 g/mol. The molecule has 4 heteroatoms. The van der Waals surface area contributed by atoms with Crippen LogP contribution >= 0.6 is 12.4 Å². The Labute approximate surface area is 88.7 Å². The minimum absolute atomic E-state index is 0. The van der Waals surface area contributed by atoms with Crippen molar-refractivity contribution in [2.75, 3.05) is 7.11 Å². The lowest BCUT2D eigenvalue weighted by Gasteiger charge is -2.06. The Morgan fingerprint density at radius 2 is 2.21 bits per heavy atom. The van der Waals surface area contributed by atoms with E-state index in [0.29, 0.717) is 17.7 Å². The minimum atomic E-state index is -0.155. The van der Waals surface area contributed by atoms with Crippen molar-refractivity contribution in [1.82, 2.24) is 0 Å². The monoisotopic (exact) mass is 213 g/mol. The summed E-state index contributed by atoms with van der Waals surface area (Å²) in [6.07, 6.45) is 0.399. The molecule has 0 heterocycles. The van der Waals surface area contributed by atoms with Gasteiger partial charge in [-0.25, -0.2) is 0 Å². The van der Waals surface area contributed by atoms with Crippen molar-refractivity contribution in [1.29, 1.82) is 0 Å². The van der Waals surface area contributed by atoms with Gasteiger partial charge < -0.3 is 10.5 Å². The fourth-order valence-electron chi connectivity index (χ4n) is 1.74. The maximum atomic E-state index is 11.5. The lowest BCUT2D eigenvalue weighted by atomic mass is 10.1. The summed E-state index contributed by atoms with van der Waals surface area (Å²) in [6.45, 7) is 0. The summed E-state index contributed by atoms with van der Waals surface area (Å²) in [4.78, 5) is 11.5. The molecule has 0 amide bonds. The molecule has 1 aliphatic carbocycles. The van der Waals surface area contributed by atoms with Gasteiger partial charge in [-0.1, -0.05) is 12.1 Å².